The molecule has 0 bridgehead atoms. The van der Waals surface area contributed by atoms with Crippen molar-refractivity contribution in [1.29, 1.82) is 5.26 Å². The Bertz CT molecular complexity index is 751. The van der Waals surface area contributed by atoms with E-state index in [4.69, 9.17) is 4.42 Å². The lowest BCUT2D eigenvalue weighted by Crippen LogP contribution is -2.38. The van der Waals surface area contributed by atoms with Crippen molar-refractivity contribution in [1.82, 2.24) is 4.98 Å². The number of nitrogens with zero attached hydrogens (tertiary/aromatic N) is 3. The van der Waals surface area contributed by atoms with Crippen molar-refractivity contribution in [3.05, 3.63) is 47.5 Å². The molecule has 1 saturated heterocycles. The first-order valence-electron chi connectivity index (χ1n) is 8.86. The molecule has 1 saturated carbocycles. The molecule has 24 heavy (non-hydrogen) atoms. The molecule has 0 amide bonds. The molecule has 4 nitrogen and oxygen atoms in total. The number of hydrogen-bond acceptors (Lipinski definition) is 4. The number of anilines is 1. The molecule has 2 fully saturated rings. The molecular weight excluding hydrogens is 298 g/mol. The van der Waals surface area contributed by atoms with Crippen LogP contribution in [-0.4, -0.2) is 18.1 Å². The van der Waals surface area contributed by atoms with E-state index < -0.39 is 0 Å². The van der Waals surface area contributed by atoms with Gasteiger partial charge in [-0.2, -0.15) is 5.26 Å². The van der Waals surface area contributed by atoms with Crippen molar-refractivity contribution in [2.24, 2.45) is 11.8 Å². The molecule has 4 rings (SSSR count). The van der Waals surface area contributed by atoms with Crippen LogP contribution < -0.4 is 4.90 Å². The quantitative estimate of drug-likeness (QED) is 0.846. The van der Waals surface area contributed by atoms with Crippen molar-refractivity contribution in [3.63, 3.8) is 0 Å². The van der Waals surface area contributed by atoms with E-state index in [2.05, 4.69) is 54.1 Å². The van der Waals surface area contributed by atoms with Gasteiger partial charge in [0.15, 0.2) is 0 Å². The fraction of sp³-hybridized carbons (Fsp3) is 0.500. The fourth-order valence-electron chi connectivity index (χ4n) is 4.14. The molecule has 0 N–H and O–H groups in total. The third kappa shape index (κ3) is 2.80. The number of oxazole rings is 1. The van der Waals surface area contributed by atoms with E-state index in [0.717, 1.165) is 25.4 Å². The van der Waals surface area contributed by atoms with Crippen LogP contribution in [0.5, 0.6) is 0 Å². The Kier molecular flexibility index (Phi) is 3.80. The Balaban J connectivity index is 1.57. The van der Waals surface area contributed by atoms with Gasteiger partial charge in [0.2, 0.25) is 17.5 Å². The Morgan fingerprint density at radius 2 is 1.79 bits per heavy atom. The average molecular weight is 321 g/mol. The van der Waals surface area contributed by atoms with Crippen molar-refractivity contribution in [2.45, 2.75) is 38.5 Å². The summed E-state index contributed by atoms with van der Waals surface area (Å²) in [7, 11) is 0. The molecule has 0 radical (unpaired) electrons. The lowest BCUT2D eigenvalue weighted by molar-refractivity contribution is 0.340. The van der Waals surface area contributed by atoms with Gasteiger partial charge < -0.3 is 9.32 Å². The molecule has 0 spiro atoms. The van der Waals surface area contributed by atoms with Crippen molar-refractivity contribution in [2.75, 3.05) is 18.0 Å². The smallest absolute Gasteiger partial charge is 0.234 e. The van der Waals surface area contributed by atoms with E-state index in [1.54, 1.807) is 0 Å². The average Bonchev–Trinajstić information content (AvgIpc) is 3.26. The summed E-state index contributed by atoms with van der Waals surface area (Å²) in [5.74, 6) is 3.45. The van der Waals surface area contributed by atoms with Crippen molar-refractivity contribution < 1.29 is 4.42 Å². The van der Waals surface area contributed by atoms with E-state index in [0.29, 0.717) is 35.2 Å². The monoisotopic (exact) mass is 321 g/mol. The SMILES string of the molecule is C[C@@H]1C[C@H](C)CN(c2oc([C@@H]3C[C@H]3c3ccccc3)nc2C#N)C1. The van der Waals surface area contributed by atoms with Crippen LogP contribution in [0.2, 0.25) is 0 Å². The molecule has 2 aromatic rings. The Morgan fingerprint density at radius 1 is 1.08 bits per heavy atom. The summed E-state index contributed by atoms with van der Waals surface area (Å²) in [6, 6.07) is 12.7. The Morgan fingerprint density at radius 3 is 2.46 bits per heavy atom. The zero-order chi connectivity index (χ0) is 16.7. The summed E-state index contributed by atoms with van der Waals surface area (Å²) in [6.07, 6.45) is 2.29. The van der Waals surface area contributed by atoms with Crippen LogP contribution in [0.3, 0.4) is 0 Å². The first-order chi connectivity index (χ1) is 11.7. The second-order valence-corrected chi connectivity index (χ2v) is 7.53. The van der Waals surface area contributed by atoms with Gasteiger partial charge in [0.05, 0.1) is 0 Å². The Hall–Kier alpha value is -2.28. The Labute approximate surface area is 143 Å². The first kappa shape index (κ1) is 15.3. The van der Waals surface area contributed by atoms with Crippen LogP contribution in [0.4, 0.5) is 5.88 Å². The predicted octanol–water partition coefficient (Wildman–Crippen LogP) is 4.30. The molecule has 4 atom stereocenters. The third-order valence-electron chi connectivity index (χ3n) is 5.22. The van der Waals surface area contributed by atoms with Gasteiger partial charge in [-0.05, 0) is 36.2 Å². The zero-order valence-corrected chi connectivity index (χ0v) is 14.3. The minimum Gasteiger partial charge on any atom is -0.423 e. The van der Waals surface area contributed by atoms with Crippen LogP contribution >= 0.6 is 0 Å². The van der Waals surface area contributed by atoms with Gasteiger partial charge in [0.1, 0.15) is 6.07 Å². The van der Waals surface area contributed by atoms with Gasteiger partial charge in [-0.3, -0.25) is 0 Å². The van der Waals surface area contributed by atoms with Crippen LogP contribution in [-0.2, 0) is 0 Å². The highest BCUT2D eigenvalue weighted by molar-refractivity contribution is 5.49. The number of hydrogen-bond donors (Lipinski definition) is 0. The highest BCUT2D eigenvalue weighted by Crippen LogP contribution is 2.55. The zero-order valence-electron chi connectivity index (χ0n) is 14.3. The molecule has 0 unspecified atom stereocenters. The van der Waals surface area contributed by atoms with Gasteiger partial charge in [-0.15, -0.1) is 0 Å². The summed E-state index contributed by atoms with van der Waals surface area (Å²) in [6.45, 7) is 6.41. The second kappa shape index (κ2) is 5.98. The maximum Gasteiger partial charge on any atom is 0.234 e. The summed E-state index contributed by atoms with van der Waals surface area (Å²) in [5, 5.41) is 9.48. The lowest BCUT2D eigenvalue weighted by atomic mass is 9.92. The second-order valence-electron chi connectivity index (χ2n) is 7.53. The van der Waals surface area contributed by atoms with Crippen molar-refractivity contribution >= 4 is 5.88 Å². The summed E-state index contributed by atoms with van der Waals surface area (Å²) >= 11 is 0. The highest BCUT2D eigenvalue weighted by Gasteiger charge is 2.44. The van der Waals surface area contributed by atoms with E-state index >= 15 is 0 Å². The van der Waals surface area contributed by atoms with Crippen LogP contribution in [0, 0.1) is 23.2 Å². The van der Waals surface area contributed by atoms with E-state index in [1.165, 1.54) is 12.0 Å². The van der Waals surface area contributed by atoms with Crippen LogP contribution in [0.15, 0.2) is 34.7 Å². The minimum absolute atomic E-state index is 0.313. The van der Waals surface area contributed by atoms with Gasteiger partial charge in [-0.1, -0.05) is 44.2 Å². The predicted molar refractivity (Wildman–Crippen MR) is 92.9 cm³/mol. The van der Waals surface area contributed by atoms with Gasteiger partial charge >= 0.3 is 0 Å². The molecule has 2 aliphatic rings. The molecular formula is C20H23N3O. The number of nitriles is 1. The summed E-state index contributed by atoms with van der Waals surface area (Å²) < 4.78 is 6.11. The van der Waals surface area contributed by atoms with E-state index in [1.807, 2.05) is 6.07 Å². The molecule has 1 aliphatic heterocycles. The van der Waals surface area contributed by atoms with Crippen LogP contribution in [0.1, 0.15) is 55.7 Å². The standard InChI is InChI=1S/C20H23N3O/c1-13-8-14(2)12-23(11-13)20-18(10-21)22-19(24-20)17-9-16(17)15-6-4-3-5-7-15/h3-7,13-14,16-17H,8-9,11-12H2,1-2H3/t13-,14+,16-,17+/m0/s1. The third-order valence-corrected chi connectivity index (χ3v) is 5.22. The number of aromatic nitrogens is 1. The molecule has 4 heteroatoms. The fourth-order valence-corrected chi connectivity index (χ4v) is 4.14. The van der Waals surface area contributed by atoms with Gasteiger partial charge in [0, 0.05) is 19.0 Å². The minimum atomic E-state index is 0.313. The topological polar surface area (TPSA) is 53.1 Å². The molecule has 1 aromatic carbocycles. The highest BCUT2D eigenvalue weighted by atomic mass is 16.4. The molecule has 124 valence electrons. The van der Waals surface area contributed by atoms with E-state index in [9.17, 15) is 5.26 Å². The van der Waals surface area contributed by atoms with Gasteiger partial charge in [0.25, 0.3) is 0 Å². The molecule has 2 heterocycles. The molecule has 1 aliphatic carbocycles. The van der Waals surface area contributed by atoms with E-state index in [-0.39, 0.29) is 0 Å². The lowest BCUT2D eigenvalue weighted by Gasteiger charge is -2.34. The number of piperidine rings is 1. The first-order valence-corrected chi connectivity index (χ1v) is 8.86. The summed E-state index contributed by atoms with van der Waals surface area (Å²) in [4.78, 5) is 6.74. The number of rotatable bonds is 3. The normalized spacial score (nSPS) is 29.3. The van der Waals surface area contributed by atoms with Crippen LogP contribution in [0.25, 0.3) is 0 Å². The maximum atomic E-state index is 9.48. The molecule has 1 aromatic heterocycles. The number of benzene rings is 1. The maximum absolute atomic E-state index is 9.48. The largest absolute Gasteiger partial charge is 0.423 e. The summed E-state index contributed by atoms with van der Waals surface area (Å²) in [5.41, 5.74) is 1.78. The van der Waals surface area contributed by atoms with Gasteiger partial charge in [-0.25, -0.2) is 4.98 Å². The van der Waals surface area contributed by atoms with Crippen molar-refractivity contribution in [3.8, 4) is 6.07 Å².